The maximum absolute atomic E-state index is 12.5. The van der Waals surface area contributed by atoms with Gasteiger partial charge in [-0.25, -0.2) is 0 Å². The summed E-state index contributed by atoms with van der Waals surface area (Å²) in [5.74, 6) is 0. The highest BCUT2D eigenvalue weighted by Crippen LogP contribution is 2.37. The summed E-state index contributed by atoms with van der Waals surface area (Å²) in [5.41, 5.74) is 5.93. The molecule has 1 saturated heterocycles. The van der Waals surface area contributed by atoms with Gasteiger partial charge < -0.3 is 47.4 Å². The summed E-state index contributed by atoms with van der Waals surface area (Å²) < 4.78 is 61.9. The third-order valence-electron chi connectivity index (χ3n) is 13.3. The van der Waals surface area contributed by atoms with Crippen molar-refractivity contribution in [1.29, 1.82) is 0 Å². The lowest BCUT2D eigenvalue weighted by Crippen LogP contribution is -2.63. The molecule has 11 heteroatoms. The minimum atomic E-state index is -2.18. The number of rotatable bonds is 28. The van der Waals surface area contributed by atoms with Crippen molar-refractivity contribution in [3.63, 3.8) is 0 Å². The average molecular weight is 983 g/mol. The molecule has 378 valence electrons. The van der Waals surface area contributed by atoms with Crippen LogP contribution in [0.3, 0.4) is 0 Å². The van der Waals surface area contributed by atoms with Crippen LogP contribution in [0.1, 0.15) is 60.6 Å². The van der Waals surface area contributed by atoms with E-state index in [0.717, 1.165) is 33.4 Å². The predicted molar refractivity (Wildman–Crippen MR) is 280 cm³/mol. The van der Waals surface area contributed by atoms with Crippen LogP contribution < -0.4 is 0 Å². The van der Waals surface area contributed by atoms with E-state index in [4.69, 9.17) is 42.3 Å². The summed E-state index contributed by atoms with van der Waals surface area (Å²) in [5, 5.41) is 12.5. The molecule has 6 aromatic rings. The van der Waals surface area contributed by atoms with Crippen LogP contribution in [0, 0.1) is 0 Å². The number of ether oxygens (including phenoxy) is 8. The Morgan fingerprint density at radius 3 is 1.35 bits per heavy atom. The van der Waals surface area contributed by atoms with Crippen molar-refractivity contribution in [1.82, 2.24) is 0 Å². The molecule has 1 aliphatic rings. The van der Waals surface area contributed by atoms with Gasteiger partial charge in [-0.15, -0.1) is 0 Å². The van der Waals surface area contributed by atoms with Crippen molar-refractivity contribution >= 4 is 8.32 Å². The predicted octanol–water partition coefficient (Wildman–Crippen LogP) is 11.6. The maximum atomic E-state index is 12.5. The van der Waals surface area contributed by atoms with E-state index in [2.05, 4.69) is 33.9 Å². The highest BCUT2D eigenvalue weighted by Gasteiger charge is 2.51. The molecule has 0 radical (unpaired) electrons. The molecule has 0 spiro atoms. The van der Waals surface area contributed by atoms with E-state index in [1.54, 1.807) is 0 Å². The molecule has 0 bridgehead atoms. The van der Waals surface area contributed by atoms with E-state index < -0.39 is 57.3 Å². The second-order valence-corrected chi connectivity index (χ2v) is 24.5. The monoisotopic (exact) mass is 983 g/mol. The van der Waals surface area contributed by atoms with E-state index in [0.29, 0.717) is 26.2 Å². The molecular weight excluding hydrogens is 909 g/mol. The Hall–Kier alpha value is -4.86. The maximum Gasteiger partial charge on any atom is 0.191 e. The molecule has 6 aromatic carbocycles. The highest BCUT2D eigenvalue weighted by molar-refractivity contribution is 6.74. The zero-order valence-electron chi connectivity index (χ0n) is 42.1. The van der Waals surface area contributed by atoms with Crippen LogP contribution in [-0.2, 0) is 82.0 Å². The van der Waals surface area contributed by atoms with E-state index in [1.807, 2.05) is 182 Å². The SMILES string of the molecule is CC(C)(C)[Si](C)(C)OCC[C@@H](OCc1ccccc1)[C@H](O[C@H]1O[C@H](COCc2ccccc2)[C@@H](OCc2ccccc2)[C@H](OCc2ccccc2)[C@H]1OCc1ccccc1)[C@H](O)COCc1ccccc1. The number of aliphatic hydroxyl groups is 1. The van der Waals surface area contributed by atoms with E-state index in [9.17, 15) is 5.11 Å². The lowest BCUT2D eigenvalue weighted by atomic mass is 9.97. The molecule has 10 nitrogen and oxygen atoms in total. The van der Waals surface area contributed by atoms with E-state index >= 15 is 0 Å². The second-order valence-electron chi connectivity index (χ2n) is 19.7. The molecule has 1 aliphatic heterocycles. The zero-order chi connectivity index (χ0) is 49.7. The largest absolute Gasteiger partial charge is 0.417 e. The Morgan fingerprint density at radius 2 is 0.901 bits per heavy atom. The second kappa shape index (κ2) is 27.8. The van der Waals surface area contributed by atoms with Gasteiger partial charge >= 0.3 is 0 Å². The van der Waals surface area contributed by atoms with E-state index in [1.165, 1.54) is 0 Å². The summed E-state index contributed by atoms with van der Waals surface area (Å²) in [7, 11) is -2.18. The third-order valence-corrected chi connectivity index (χ3v) is 17.8. The van der Waals surface area contributed by atoms with Gasteiger partial charge in [0.05, 0.1) is 59.0 Å². The molecule has 1 N–H and O–H groups in total. The van der Waals surface area contributed by atoms with E-state index in [-0.39, 0.29) is 44.7 Å². The quantitative estimate of drug-likeness (QED) is 0.0478. The van der Waals surface area contributed by atoms with Crippen LogP contribution in [0.25, 0.3) is 0 Å². The van der Waals surface area contributed by atoms with Crippen molar-refractivity contribution in [3.8, 4) is 0 Å². The van der Waals surface area contributed by atoms with Gasteiger partial charge in [0.15, 0.2) is 14.6 Å². The van der Waals surface area contributed by atoms with Crippen molar-refractivity contribution in [2.75, 3.05) is 19.8 Å². The van der Waals surface area contributed by atoms with Gasteiger partial charge in [-0.3, -0.25) is 0 Å². The molecule has 0 aromatic heterocycles. The number of hydrogen-bond acceptors (Lipinski definition) is 10. The number of hydrogen-bond donors (Lipinski definition) is 1. The Labute approximate surface area is 423 Å². The Kier molecular flexibility index (Phi) is 21.1. The van der Waals surface area contributed by atoms with Crippen LogP contribution in [0.5, 0.6) is 0 Å². The topological polar surface area (TPSA) is 103 Å². The van der Waals surface area contributed by atoms with Crippen LogP contribution in [0.4, 0.5) is 0 Å². The Morgan fingerprint density at radius 1 is 0.507 bits per heavy atom. The molecule has 7 rings (SSSR count). The molecule has 0 saturated carbocycles. The minimum Gasteiger partial charge on any atom is -0.417 e. The first kappa shape index (κ1) is 53.9. The fourth-order valence-corrected chi connectivity index (χ4v) is 9.23. The number of aliphatic hydroxyl groups excluding tert-OH is 1. The van der Waals surface area contributed by atoms with Gasteiger partial charge in [-0.1, -0.05) is 203 Å². The van der Waals surface area contributed by atoms with Gasteiger partial charge in [0, 0.05) is 6.61 Å². The summed E-state index contributed by atoms with van der Waals surface area (Å²) in [6.07, 6.45) is -6.55. The van der Waals surface area contributed by atoms with Crippen LogP contribution in [0.15, 0.2) is 182 Å². The van der Waals surface area contributed by atoms with Crippen molar-refractivity contribution in [2.45, 2.75) is 134 Å². The molecule has 1 heterocycles. The normalized spacial score (nSPS) is 19.8. The zero-order valence-corrected chi connectivity index (χ0v) is 43.1. The van der Waals surface area contributed by atoms with Gasteiger partial charge in [0.2, 0.25) is 0 Å². The smallest absolute Gasteiger partial charge is 0.191 e. The Balaban J connectivity index is 1.27. The van der Waals surface area contributed by atoms with Crippen molar-refractivity contribution < 1.29 is 47.4 Å². The lowest BCUT2D eigenvalue weighted by molar-refractivity contribution is -0.347. The van der Waals surface area contributed by atoms with Gasteiger partial charge in [0.1, 0.15) is 36.6 Å². The molecular formula is C60H74O10Si. The van der Waals surface area contributed by atoms with Crippen LogP contribution in [-0.4, -0.2) is 82.3 Å². The Bertz CT molecular complexity index is 2340. The average Bonchev–Trinajstić information content (AvgIpc) is 3.39. The van der Waals surface area contributed by atoms with Crippen molar-refractivity contribution in [3.05, 3.63) is 215 Å². The first-order valence-corrected chi connectivity index (χ1v) is 27.9. The first-order chi connectivity index (χ1) is 34.5. The first-order valence-electron chi connectivity index (χ1n) is 25.0. The van der Waals surface area contributed by atoms with Crippen LogP contribution >= 0.6 is 0 Å². The highest BCUT2D eigenvalue weighted by atomic mass is 28.4. The fourth-order valence-electron chi connectivity index (χ4n) is 8.17. The minimum absolute atomic E-state index is 0.0151. The third kappa shape index (κ3) is 17.1. The van der Waals surface area contributed by atoms with Gasteiger partial charge in [-0.2, -0.15) is 0 Å². The standard InChI is InChI=1S/C60H74O10Si/c1-60(2,3)71(4,5)68-37-36-53(64-40-48-28-16-8-17-29-48)55(52(61)44-62-38-46-24-12-6-13-25-46)70-59-58(67-43-51-34-22-11-23-35-51)57(66-42-50-32-20-10-21-33-50)56(65-41-49-30-18-9-19-31-49)54(69-59)45-63-39-47-26-14-7-15-27-47/h6-35,52-59,61H,36-45H2,1-5H3/t52-,53-,54-,55-,56-,57+,58-,59-/m1/s1. The molecule has 0 unspecified atom stereocenters. The summed E-state index contributed by atoms with van der Waals surface area (Å²) in [4.78, 5) is 0. The van der Waals surface area contributed by atoms with Crippen LogP contribution in [0.2, 0.25) is 18.1 Å². The molecule has 1 fully saturated rings. The summed E-state index contributed by atoms with van der Waals surface area (Å²) >= 11 is 0. The van der Waals surface area contributed by atoms with Crippen molar-refractivity contribution in [2.24, 2.45) is 0 Å². The molecule has 71 heavy (non-hydrogen) atoms. The summed E-state index contributed by atoms with van der Waals surface area (Å²) in [6.45, 7) is 13.4. The van der Waals surface area contributed by atoms with Gasteiger partial charge in [-0.05, 0) is 57.9 Å². The van der Waals surface area contributed by atoms with Gasteiger partial charge in [0.25, 0.3) is 0 Å². The molecule has 0 aliphatic carbocycles. The summed E-state index contributed by atoms with van der Waals surface area (Å²) in [6, 6.07) is 60.1. The number of benzene rings is 6. The fraction of sp³-hybridized carbons (Fsp3) is 0.400. The lowest BCUT2D eigenvalue weighted by Gasteiger charge is -2.47. The molecule has 0 amide bonds. The molecule has 8 atom stereocenters.